The molecule has 1 aliphatic carbocycles. The number of nitrogens with zero attached hydrogens (tertiary/aromatic N) is 4. The molecule has 178 valence electrons. The maximum atomic E-state index is 13.5. The molecule has 7 heteroatoms. The third-order valence-electron chi connectivity index (χ3n) is 7.17. The van der Waals surface area contributed by atoms with Crippen molar-refractivity contribution < 1.29 is 9.53 Å². The van der Waals surface area contributed by atoms with Crippen molar-refractivity contribution in [1.29, 1.82) is 0 Å². The Hall–Kier alpha value is -3.03. The van der Waals surface area contributed by atoms with E-state index in [1.807, 2.05) is 41.2 Å². The van der Waals surface area contributed by atoms with Gasteiger partial charge in [-0.15, -0.1) is 0 Å². The number of ether oxygens (including phenoxy) is 1. The number of nitrogens with one attached hydrogen (secondary N) is 1. The Balaban J connectivity index is 1.38. The first-order valence-electron chi connectivity index (χ1n) is 12.4. The van der Waals surface area contributed by atoms with Crippen LogP contribution in [-0.2, 0) is 11.3 Å². The van der Waals surface area contributed by atoms with Gasteiger partial charge in [0.25, 0.3) is 5.91 Å². The SMILES string of the molecule is O=C(NCC1(N2CCOCC2)CCCCC1)c1cn(Cc2ccccc2)nc1-c1cccnc1. The van der Waals surface area contributed by atoms with Crippen LogP contribution in [0.15, 0.2) is 61.1 Å². The van der Waals surface area contributed by atoms with Gasteiger partial charge in [-0.25, -0.2) is 0 Å². The number of rotatable bonds is 7. The van der Waals surface area contributed by atoms with Crippen LogP contribution in [0, 0.1) is 0 Å². The van der Waals surface area contributed by atoms with Gasteiger partial charge in [-0.05, 0) is 30.5 Å². The number of hydrogen-bond donors (Lipinski definition) is 1. The number of benzene rings is 1. The fourth-order valence-corrected chi connectivity index (χ4v) is 5.35. The predicted molar refractivity (Wildman–Crippen MR) is 132 cm³/mol. The second-order valence-corrected chi connectivity index (χ2v) is 9.38. The number of pyridine rings is 1. The van der Waals surface area contributed by atoms with Crippen LogP contribution >= 0.6 is 0 Å². The van der Waals surface area contributed by atoms with Crippen molar-refractivity contribution in [2.45, 2.75) is 44.2 Å². The summed E-state index contributed by atoms with van der Waals surface area (Å²) in [6, 6.07) is 14.0. The molecule has 0 atom stereocenters. The summed E-state index contributed by atoms with van der Waals surface area (Å²) in [5.41, 5.74) is 3.28. The number of carbonyl (C=O) groups excluding carboxylic acids is 1. The van der Waals surface area contributed by atoms with Crippen molar-refractivity contribution in [3.05, 3.63) is 72.2 Å². The van der Waals surface area contributed by atoms with Crippen molar-refractivity contribution in [2.75, 3.05) is 32.8 Å². The van der Waals surface area contributed by atoms with Gasteiger partial charge in [0, 0.05) is 49.3 Å². The Morgan fingerprint density at radius 1 is 1.03 bits per heavy atom. The molecule has 0 spiro atoms. The summed E-state index contributed by atoms with van der Waals surface area (Å²) >= 11 is 0. The van der Waals surface area contributed by atoms with Crippen LogP contribution in [0.25, 0.3) is 11.3 Å². The molecule has 1 N–H and O–H groups in total. The van der Waals surface area contributed by atoms with E-state index in [4.69, 9.17) is 9.84 Å². The van der Waals surface area contributed by atoms with Crippen LogP contribution in [0.3, 0.4) is 0 Å². The Labute approximate surface area is 201 Å². The van der Waals surface area contributed by atoms with Gasteiger partial charge >= 0.3 is 0 Å². The van der Waals surface area contributed by atoms with Crippen molar-refractivity contribution in [3.8, 4) is 11.3 Å². The van der Waals surface area contributed by atoms with Crippen LogP contribution in [-0.4, -0.2) is 64.0 Å². The van der Waals surface area contributed by atoms with E-state index >= 15 is 0 Å². The standard InChI is InChI=1S/C27H33N5O2/c33-26(29-21-27(11-5-2-6-12-27)31-14-16-34-17-15-31)24-20-32(19-22-8-3-1-4-9-22)30-25(24)23-10-7-13-28-18-23/h1,3-4,7-10,13,18,20H,2,5-6,11-12,14-17,19,21H2,(H,29,33). The molecule has 2 aliphatic rings. The Bertz CT molecular complexity index is 1070. The lowest BCUT2D eigenvalue weighted by Gasteiger charge is -2.48. The van der Waals surface area contributed by atoms with E-state index in [9.17, 15) is 4.79 Å². The lowest BCUT2D eigenvalue weighted by atomic mass is 9.79. The van der Waals surface area contributed by atoms with Gasteiger partial charge in [0.2, 0.25) is 0 Å². The number of hydrogen-bond acceptors (Lipinski definition) is 5. The number of aromatic nitrogens is 3. The summed E-state index contributed by atoms with van der Waals surface area (Å²) in [7, 11) is 0. The molecule has 1 saturated heterocycles. The smallest absolute Gasteiger partial charge is 0.255 e. The van der Waals surface area contributed by atoms with Crippen LogP contribution in [0.1, 0.15) is 48.0 Å². The predicted octanol–water partition coefficient (Wildman–Crippen LogP) is 3.76. The maximum absolute atomic E-state index is 13.5. The normalized spacial score (nSPS) is 18.5. The molecule has 3 heterocycles. The molecule has 2 aromatic heterocycles. The van der Waals surface area contributed by atoms with Crippen LogP contribution in [0.5, 0.6) is 0 Å². The average Bonchev–Trinajstić information content (AvgIpc) is 3.33. The molecule has 1 amide bonds. The Morgan fingerprint density at radius 3 is 2.56 bits per heavy atom. The third-order valence-corrected chi connectivity index (χ3v) is 7.17. The molecular formula is C27H33N5O2. The van der Waals surface area contributed by atoms with E-state index in [-0.39, 0.29) is 11.4 Å². The van der Waals surface area contributed by atoms with Crippen LogP contribution < -0.4 is 5.32 Å². The monoisotopic (exact) mass is 459 g/mol. The highest BCUT2D eigenvalue weighted by Gasteiger charge is 2.39. The zero-order valence-electron chi connectivity index (χ0n) is 19.7. The quantitative estimate of drug-likeness (QED) is 0.583. The lowest BCUT2D eigenvalue weighted by molar-refractivity contribution is -0.0361. The summed E-state index contributed by atoms with van der Waals surface area (Å²) in [5.74, 6) is -0.0728. The topological polar surface area (TPSA) is 72.3 Å². The molecule has 1 aliphatic heterocycles. The summed E-state index contributed by atoms with van der Waals surface area (Å²) in [5, 5.41) is 8.09. The van der Waals surface area contributed by atoms with Crippen molar-refractivity contribution in [1.82, 2.24) is 25.0 Å². The van der Waals surface area contributed by atoms with Gasteiger partial charge in [-0.3, -0.25) is 19.4 Å². The minimum atomic E-state index is -0.0728. The molecular weight excluding hydrogens is 426 g/mol. The van der Waals surface area contributed by atoms with Gasteiger partial charge in [-0.2, -0.15) is 5.10 Å². The maximum Gasteiger partial charge on any atom is 0.255 e. The van der Waals surface area contributed by atoms with E-state index in [0.717, 1.165) is 50.3 Å². The van der Waals surface area contributed by atoms with Crippen molar-refractivity contribution in [2.24, 2.45) is 0 Å². The van der Waals surface area contributed by atoms with E-state index in [1.165, 1.54) is 19.3 Å². The molecule has 3 aromatic rings. The molecule has 1 saturated carbocycles. The first-order chi connectivity index (χ1) is 16.7. The molecule has 5 rings (SSSR count). The Kier molecular flexibility index (Phi) is 7.02. The highest BCUT2D eigenvalue weighted by atomic mass is 16.5. The zero-order valence-corrected chi connectivity index (χ0v) is 19.7. The first-order valence-corrected chi connectivity index (χ1v) is 12.4. The molecule has 2 fully saturated rings. The van der Waals surface area contributed by atoms with Gasteiger partial charge in [0.15, 0.2) is 0 Å². The minimum Gasteiger partial charge on any atom is -0.379 e. The van der Waals surface area contributed by atoms with E-state index in [2.05, 4.69) is 27.3 Å². The first kappa shape index (κ1) is 22.7. The molecule has 1 aromatic carbocycles. The van der Waals surface area contributed by atoms with Gasteiger partial charge in [0.05, 0.1) is 25.3 Å². The number of amides is 1. The van der Waals surface area contributed by atoms with E-state index in [1.54, 1.807) is 12.4 Å². The van der Waals surface area contributed by atoms with Gasteiger partial charge in [-0.1, -0.05) is 49.6 Å². The molecule has 7 nitrogen and oxygen atoms in total. The number of carbonyl (C=O) groups is 1. The van der Waals surface area contributed by atoms with E-state index < -0.39 is 0 Å². The molecule has 0 unspecified atom stereocenters. The highest BCUT2D eigenvalue weighted by molar-refractivity contribution is 5.99. The molecule has 0 bridgehead atoms. The van der Waals surface area contributed by atoms with Gasteiger partial charge < -0.3 is 10.1 Å². The number of morpholine rings is 1. The fraction of sp³-hybridized carbons (Fsp3) is 0.444. The van der Waals surface area contributed by atoms with Crippen molar-refractivity contribution in [3.63, 3.8) is 0 Å². The molecule has 34 heavy (non-hydrogen) atoms. The average molecular weight is 460 g/mol. The van der Waals surface area contributed by atoms with E-state index in [0.29, 0.717) is 24.3 Å². The molecule has 0 radical (unpaired) electrons. The Morgan fingerprint density at radius 2 is 1.82 bits per heavy atom. The highest BCUT2D eigenvalue weighted by Crippen LogP contribution is 2.34. The second kappa shape index (κ2) is 10.5. The van der Waals surface area contributed by atoms with Crippen LogP contribution in [0.4, 0.5) is 0 Å². The lowest BCUT2D eigenvalue weighted by Crippen LogP contribution is -2.59. The zero-order chi connectivity index (χ0) is 23.2. The summed E-state index contributed by atoms with van der Waals surface area (Å²) in [6.45, 7) is 4.68. The summed E-state index contributed by atoms with van der Waals surface area (Å²) < 4.78 is 7.45. The van der Waals surface area contributed by atoms with Gasteiger partial charge in [0.1, 0.15) is 5.69 Å². The van der Waals surface area contributed by atoms with Crippen molar-refractivity contribution >= 4 is 5.91 Å². The largest absolute Gasteiger partial charge is 0.379 e. The summed E-state index contributed by atoms with van der Waals surface area (Å²) in [6.07, 6.45) is 11.3. The second-order valence-electron chi connectivity index (χ2n) is 9.38. The van der Waals surface area contributed by atoms with Crippen LogP contribution in [0.2, 0.25) is 0 Å². The fourth-order valence-electron chi connectivity index (χ4n) is 5.35. The third kappa shape index (κ3) is 5.05. The summed E-state index contributed by atoms with van der Waals surface area (Å²) in [4.78, 5) is 20.3. The minimum absolute atomic E-state index is 0.0200.